The number of aliphatic carboxylic acids is 1. The van der Waals surface area contributed by atoms with Crippen molar-refractivity contribution in [3.05, 3.63) is 122 Å². The number of rotatable bonds is 38. The van der Waals surface area contributed by atoms with Crippen molar-refractivity contribution in [2.75, 3.05) is 19.8 Å². The van der Waals surface area contributed by atoms with Gasteiger partial charge in [0, 0.05) is 12.8 Å². The molecule has 0 fully saturated rings. The van der Waals surface area contributed by atoms with Gasteiger partial charge < -0.3 is 35.4 Å². The molecule has 348 valence electrons. The number of carbonyl (C=O) groups excluding carboxylic acids is 2. The van der Waals surface area contributed by atoms with E-state index in [-0.39, 0.29) is 32.1 Å². The zero-order chi connectivity index (χ0) is 45.9. The smallest absolute Gasteiger partial charge is 0.472 e. The Bertz CT molecular complexity index is 1540. The van der Waals surface area contributed by atoms with Gasteiger partial charge in [-0.15, -0.1) is 0 Å². The molecule has 1 unspecified atom stereocenters. The molecular weight excluding hydrogens is 813 g/mol. The molecular formula is C48H74NO12P. The quantitative estimate of drug-likeness (QED) is 0.0222. The molecule has 0 bridgehead atoms. The van der Waals surface area contributed by atoms with Crippen LogP contribution < -0.4 is 5.73 Å². The predicted molar refractivity (Wildman–Crippen MR) is 247 cm³/mol. The number of carboxylic acids is 1. The van der Waals surface area contributed by atoms with Gasteiger partial charge in [-0.2, -0.15) is 0 Å². The van der Waals surface area contributed by atoms with Gasteiger partial charge in [-0.3, -0.25) is 23.4 Å². The Kier molecular flexibility index (Phi) is 38.1. The van der Waals surface area contributed by atoms with E-state index in [1.165, 1.54) is 0 Å². The summed E-state index contributed by atoms with van der Waals surface area (Å²) in [4.78, 5) is 46.0. The lowest BCUT2D eigenvalue weighted by Gasteiger charge is -2.20. The summed E-state index contributed by atoms with van der Waals surface area (Å²) in [5.74, 6) is -2.83. The molecule has 0 aromatic heterocycles. The van der Waals surface area contributed by atoms with Crippen LogP contribution in [0.4, 0.5) is 0 Å². The molecule has 0 saturated carbocycles. The third-order valence-corrected chi connectivity index (χ3v) is 9.37. The summed E-state index contributed by atoms with van der Waals surface area (Å²) < 4.78 is 32.4. The maximum Gasteiger partial charge on any atom is 0.472 e. The number of aliphatic hydroxyl groups excluding tert-OH is 2. The van der Waals surface area contributed by atoms with Crippen LogP contribution >= 0.6 is 7.82 Å². The molecule has 0 spiro atoms. The molecule has 0 aromatic carbocycles. The molecule has 13 nitrogen and oxygen atoms in total. The van der Waals surface area contributed by atoms with Crippen LogP contribution in [0.25, 0.3) is 0 Å². The first-order chi connectivity index (χ1) is 29.9. The number of aliphatic hydroxyl groups is 2. The van der Waals surface area contributed by atoms with Crippen LogP contribution in [0.2, 0.25) is 0 Å². The Balaban J connectivity index is 4.75. The van der Waals surface area contributed by atoms with Gasteiger partial charge in [0.15, 0.2) is 6.10 Å². The van der Waals surface area contributed by atoms with Crippen molar-refractivity contribution >= 4 is 25.7 Å². The molecule has 0 rings (SSSR count). The third kappa shape index (κ3) is 38.7. The molecule has 0 radical (unpaired) electrons. The number of hydrogen-bond donors (Lipinski definition) is 5. The summed E-state index contributed by atoms with van der Waals surface area (Å²) in [6.45, 7) is 2.17. The normalized spacial score (nSPS) is 15.8. The van der Waals surface area contributed by atoms with Gasteiger partial charge in [0.1, 0.15) is 12.6 Å². The van der Waals surface area contributed by atoms with E-state index < -0.39 is 69.9 Å². The SMILES string of the molecule is CC/C=C\C/C=C\C/C=C\C/C=C\C/C=C\C/C=C\CCC(=O)O[C@H](COC(=O)CCC[C@H](O)[C@@H](O)C/C=C\C/C=C\C/C=C\C/C=C\CC)COP(=O)(O)OC[C@H](N)C(=O)O. The van der Waals surface area contributed by atoms with Gasteiger partial charge >= 0.3 is 25.7 Å². The predicted octanol–water partition coefficient (Wildman–Crippen LogP) is 9.55. The van der Waals surface area contributed by atoms with Crippen molar-refractivity contribution in [1.82, 2.24) is 0 Å². The van der Waals surface area contributed by atoms with E-state index in [1.54, 1.807) is 6.08 Å². The van der Waals surface area contributed by atoms with Gasteiger partial charge in [0.25, 0.3) is 0 Å². The Hall–Kier alpha value is -4.20. The second-order valence-corrected chi connectivity index (χ2v) is 15.5. The van der Waals surface area contributed by atoms with E-state index in [9.17, 15) is 34.1 Å². The molecule has 62 heavy (non-hydrogen) atoms. The van der Waals surface area contributed by atoms with Crippen LogP contribution in [-0.4, -0.2) is 82.3 Å². The van der Waals surface area contributed by atoms with Gasteiger partial charge in [-0.05, 0) is 89.9 Å². The molecule has 5 atom stereocenters. The van der Waals surface area contributed by atoms with Gasteiger partial charge in [0.2, 0.25) is 0 Å². The van der Waals surface area contributed by atoms with Crippen LogP contribution in [0.5, 0.6) is 0 Å². The number of esters is 2. The largest absolute Gasteiger partial charge is 0.480 e. The first-order valence-electron chi connectivity index (χ1n) is 21.7. The fourth-order valence-corrected chi connectivity index (χ4v) is 5.72. The minimum Gasteiger partial charge on any atom is -0.480 e. The van der Waals surface area contributed by atoms with E-state index >= 15 is 0 Å². The number of nitrogens with two attached hydrogens (primary N) is 1. The average Bonchev–Trinajstić information content (AvgIpc) is 3.24. The number of ether oxygens (including phenoxy) is 2. The number of phosphoric acid groups is 1. The van der Waals surface area contributed by atoms with Gasteiger partial charge in [-0.1, -0.05) is 135 Å². The van der Waals surface area contributed by atoms with Gasteiger partial charge in [-0.25, -0.2) is 4.57 Å². The molecule has 0 aliphatic rings. The van der Waals surface area contributed by atoms with Crippen LogP contribution in [0.3, 0.4) is 0 Å². The highest BCUT2D eigenvalue weighted by molar-refractivity contribution is 7.47. The van der Waals surface area contributed by atoms with Crippen molar-refractivity contribution in [3.8, 4) is 0 Å². The van der Waals surface area contributed by atoms with Crippen molar-refractivity contribution < 1.29 is 57.7 Å². The molecule has 0 aliphatic heterocycles. The van der Waals surface area contributed by atoms with Crippen LogP contribution in [-0.2, 0) is 37.5 Å². The second kappa shape index (κ2) is 40.8. The van der Waals surface area contributed by atoms with Crippen molar-refractivity contribution in [1.29, 1.82) is 0 Å². The number of allylic oxidation sites excluding steroid dienone is 19. The summed E-state index contributed by atoms with van der Waals surface area (Å²) in [5.41, 5.74) is 5.31. The lowest BCUT2D eigenvalue weighted by atomic mass is 10.0. The standard InChI is InChI=1S/C48H74NO12P/c1-3-5-7-9-11-13-15-17-18-19-20-21-22-23-25-27-29-31-33-37-47(53)61-42(40-59-62(56,57)60-41-43(49)48(54)55)39-58-46(52)38-34-36-45(51)44(50)35-32-30-28-26-24-16-14-12-10-8-6-4-2/h5-8,11-14,17-18,20-21,23-26,29-32,42-45,50-51H,3-4,9-10,15-16,19,22,27-28,33-41,49H2,1-2H3,(H,54,55)(H,56,57)/b7-5-,8-6-,13-11-,14-12-,18-17-,21-20-,25-23-,26-24-,31-29-,32-30-/t42-,43+,44+,45+/m1/s1. The number of hydrogen-bond acceptors (Lipinski definition) is 11. The highest BCUT2D eigenvalue weighted by Gasteiger charge is 2.28. The molecule has 14 heteroatoms. The monoisotopic (exact) mass is 887 g/mol. The highest BCUT2D eigenvalue weighted by atomic mass is 31.2. The lowest BCUT2D eigenvalue weighted by molar-refractivity contribution is -0.161. The van der Waals surface area contributed by atoms with E-state index in [1.807, 2.05) is 30.4 Å². The van der Waals surface area contributed by atoms with Gasteiger partial charge in [0.05, 0.1) is 25.4 Å². The molecule has 0 aliphatic carbocycles. The van der Waals surface area contributed by atoms with E-state index in [0.29, 0.717) is 19.3 Å². The Morgan fingerprint density at radius 2 is 0.984 bits per heavy atom. The Morgan fingerprint density at radius 1 is 0.565 bits per heavy atom. The second-order valence-electron chi connectivity index (χ2n) is 14.0. The molecule has 0 aromatic rings. The number of carbonyl (C=O) groups is 3. The first kappa shape index (κ1) is 57.8. The zero-order valence-electron chi connectivity index (χ0n) is 36.9. The van der Waals surface area contributed by atoms with E-state index in [2.05, 4.69) is 103 Å². The van der Waals surface area contributed by atoms with Crippen LogP contribution in [0, 0.1) is 0 Å². The topological polar surface area (TPSA) is 212 Å². The number of carboxylic acid groups (broad SMARTS) is 1. The fraction of sp³-hybridized carbons (Fsp3) is 0.521. The summed E-state index contributed by atoms with van der Waals surface area (Å²) in [6, 6.07) is -1.58. The lowest BCUT2D eigenvalue weighted by Crippen LogP contribution is -2.34. The van der Waals surface area contributed by atoms with E-state index in [0.717, 1.165) is 51.4 Å². The summed E-state index contributed by atoms with van der Waals surface area (Å²) in [6.07, 6.45) is 47.4. The Labute approximate surface area is 370 Å². The summed E-state index contributed by atoms with van der Waals surface area (Å²) in [5, 5.41) is 29.6. The zero-order valence-corrected chi connectivity index (χ0v) is 37.8. The highest BCUT2D eigenvalue weighted by Crippen LogP contribution is 2.43. The first-order valence-corrected chi connectivity index (χ1v) is 23.2. The molecule has 0 heterocycles. The minimum absolute atomic E-state index is 0.0332. The molecule has 0 amide bonds. The van der Waals surface area contributed by atoms with Crippen molar-refractivity contribution in [2.45, 2.75) is 141 Å². The Morgan fingerprint density at radius 3 is 1.44 bits per heavy atom. The molecule has 0 saturated heterocycles. The van der Waals surface area contributed by atoms with Crippen molar-refractivity contribution in [2.24, 2.45) is 5.73 Å². The minimum atomic E-state index is -4.82. The maximum absolute atomic E-state index is 12.6. The van der Waals surface area contributed by atoms with Crippen LogP contribution in [0.1, 0.15) is 117 Å². The molecule has 6 N–H and O–H groups in total. The third-order valence-electron chi connectivity index (χ3n) is 8.42. The maximum atomic E-state index is 12.6. The summed E-state index contributed by atoms with van der Waals surface area (Å²) >= 11 is 0. The fourth-order valence-electron chi connectivity index (χ4n) is 4.94. The van der Waals surface area contributed by atoms with Crippen molar-refractivity contribution in [3.63, 3.8) is 0 Å². The van der Waals surface area contributed by atoms with Crippen LogP contribution in [0.15, 0.2) is 122 Å². The summed E-state index contributed by atoms with van der Waals surface area (Å²) in [7, 11) is -4.82. The average molecular weight is 888 g/mol. The number of phosphoric ester groups is 1. The van der Waals surface area contributed by atoms with E-state index in [4.69, 9.17) is 24.8 Å².